The lowest BCUT2D eigenvalue weighted by molar-refractivity contribution is -0.138. The summed E-state index contributed by atoms with van der Waals surface area (Å²) in [6, 6.07) is -0.716. The molecule has 2 saturated carbocycles. The number of rotatable bonds is 7. The summed E-state index contributed by atoms with van der Waals surface area (Å²) in [6.45, 7) is 0.604. The third-order valence-electron chi connectivity index (χ3n) is 5.40. The Morgan fingerprint density at radius 3 is 1.31 bits per heavy atom. The lowest BCUT2D eigenvalue weighted by Gasteiger charge is -2.28. The van der Waals surface area contributed by atoms with Gasteiger partial charge in [0.1, 0.15) is 6.04 Å². The predicted molar refractivity (Wildman–Crippen MR) is 130 cm³/mol. The van der Waals surface area contributed by atoms with Gasteiger partial charge in [-0.05, 0) is 37.6 Å². The smallest absolute Gasteiger partial charge is 0.320 e. The molecule has 2 aliphatic rings. The highest BCUT2D eigenvalue weighted by atomic mass is 16.4. The molecule has 9 N–H and O–H groups in total. The second-order valence-electron chi connectivity index (χ2n) is 7.88. The van der Waals surface area contributed by atoms with Gasteiger partial charge in [-0.15, -0.1) is 0 Å². The van der Waals surface area contributed by atoms with E-state index < -0.39 is 12.0 Å². The molecule has 35 heavy (non-hydrogen) atoms. The summed E-state index contributed by atoms with van der Waals surface area (Å²) >= 11 is 0. The second kappa shape index (κ2) is 35.5. The van der Waals surface area contributed by atoms with Gasteiger partial charge in [0, 0.05) is 0 Å². The van der Waals surface area contributed by atoms with Gasteiger partial charge in [0.25, 0.3) is 0 Å². The molecule has 0 spiro atoms. The van der Waals surface area contributed by atoms with Crippen LogP contribution in [-0.4, -0.2) is 48.0 Å². The summed E-state index contributed by atoms with van der Waals surface area (Å²) in [5.74, 6) is 1.31. The molecule has 0 aromatic carbocycles. The Hall–Kier alpha value is -3.09. The summed E-state index contributed by atoms with van der Waals surface area (Å²) in [5.41, 5.74) is 10.4. The molecule has 0 aromatic rings. The standard InChI is InChI=1S/C13H24.C6H14N2O2.4CHNO/c1-3-7-12(8-4-1)11-13-9-5-2-6-10-13;7-4-2-1-3-5(8)6(9)10;4*2-1-3/h12-13H,1-11H2;5H,1-4,7-8H2,(H,9,10);4*2H. The molecule has 12 heteroatoms. The molecule has 0 aliphatic heterocycles. The van der Waals surface area contributed by atoms with Gasteiger partial charge in [0.05, 0.1) is 0 Å². The summed E-state index contributed by atoms with van der Waals surface area (Å²) < 4.78 is 0. The topological polar surface area (TPSA) is 253 Å². The number of nitrogens with two attached hydrogens (primary N) is 2. The minimum absolute atomic E-state index is 0.520. The molecule has 0 heterocycles. The zero-order valence-electron chi connectivity index (χ0n) is 20.5. The molecule has 2 aliphatic carbocycles. The summed E-state index contributed by atoms with van der Waals surface area (Å²) in [7, 11) is 0. The largest absolute Gasteiger partial charge is 0.480 e. The van der Waals surface area contributed by atoms with E-state index >= 15 is 0 Å². The van der Waals surface area contributed by atoms with Crippen LogP contribution in [-0.2, 0) is 24.0 Å². The Balaban J connectivity index is -0.000000193. The van der Waals surface area contributed by atoms with Crippen molar-refractivity contribution in [3.8, 4) is 0 Å². The number of carboxylic acids is 1. The van der Waals surface area contributed by atoms with Crippen LogP contribution in [0.4, 0.5) is 0 Å². The monoisotopic (exact) mass is 498 g/mol. The molecule has 0 saturated heterocycles. The minimum atomic E-state index is -0.933. The first-order valence-electron chi connectivity index (χ1n) is 11.6. The lowest BCUT2D eigenvalue weighted by Crippen LogP contribution is -2.29. The van der Waals surface area contributed by atoms with Crippen LogP contribution in [0.15, 0.2) is 0 Å². The van der Waals surface area contributed by atoms with Gasteiger partial charge >= 0.3 is 5.97 Å². The van der Waals surface area contributed by atoms with Crippen molar-refractivity contribution >= 4 is 30.3 Å². The van der Waals surface area contributed by atoms with Crippen molar-refractivity contribution in [2.45, 2.75) is 95.9 Å². The summed E-state index contributed by atoms with van der Waals surface area (Å²) in [4.78, 5) is 43.5. The van der Waals surface area contributed by atoms with Crippen LogP contribution in [0.1, 0.15) is 89.9 Å². The number of aliphatic carboxylic acids is 1. The van der Waals surface area contributed by atoms with Gasteiger partial charge < -0.3 is 16.6 Å². The summed E-state index contributed by atoms with van der Waals surface area (Å²) in [6.07, 6.45) is 22.1. The Morgan fingerprint density at radius 1 is 0.743 bits per heavy atom. The first-order valence-corrected chi connectivity index (χ1v) is 11.6. The van der Waals surface area contributed by atoms with E-state index in [4.69, 9.17) is 57.4 Å². The molecule has 0 aromatic heterocycles. The maximum absolute atomic E-state index is 10.1. The van der Waals surface area contributed by atoms with E-state index in [1.807, 2.05) is 0 Å². The maximum Gasteiger partial charge on any atom is 0.320 e. The van der Waals surface area contributed by atoms with Gasteiger partial charge in [-0.1, -0.05) is 70.6 Å². The predicted octanol–water partition coefficient (Wildman–Crippen LogP) is 3.67. The van der Waals surface area contributed by atoms with Crippen molar-refractivity contribution < 1.29 is 29.1 Å². The number of carbonyl (C=O) groups excluding carboxylic acids is 4. The Labute approximate surface area is 207 Å². The molecule has 2 fully saturated rings. The third kappa shape index (κ3) is 38.5. The Bertz CT molecular complexity index is 546. The Kier molecular flexibility index (Phi) is 39.7. The van der Waals surface area contributed by atoms with Crippen molar-refractivity contribution in [2.75, 3.05) is 6.54 Å². The van der Waals surface area contributed by atoms with Crippen LogP contribution in [0.3, 0.4) is 0 Å². The van der Waals surface area contributed by atoms with Gasteiger partial charge in [-0.3, -0.25) is 4.79 Å². The van der Waals surface area contributed by atoms with E-state index in [0.717, 1.165) is 49.0 Å². The highest BCUT2D eigenvalue weighted by Gasteiger charge is 2.20. The molecule has 0 radical (unpaired) electrons. The number of carbonyl (C=O) groups is 1. The molecule has 2 rings (SSSR count). The number of hydrogen-bond donors (Lipinski definition) is 7. The van der Waals surface area contributed by atoms with Crippen molar-refractivity contribution in [1.29, 1.82) is 21.6 Å². The van der Waals surface area contributed by atoms with Crippen LogP contribution in [0.5, 0.6) is 0 Å². The second-order valence-corrected chi connectivity index (χ2v) is 7.88. The maximum atomic E-state index is 10.1. The van der Waals surface area contributed by atoms with Crippen molar-refractivity contribution in [2.24, 2.45) is 23.3 Å². The molecule has 1 unspecified atom stereocenters. The van der Waals surface area contributed by atoms with E-state index in [1.165, 1.54) is 38.5 Å². The zero-order valence-corrected chi connectivity index (χ0v) is 20.5. The van der Waals surface area contributed by atoms with Crippen LogP contribution < -0.4 is 11.5 Å². The van der Waals surface area contributed by atoms with Crippen LogP contribution >= 0.6 is 0 Å². The average Bonchev–Trinajstić information content (AvgIpc) is 2.83. The zero-order chi connectivity index (χ0) is 27.7. The molecule has 0 amide bonds. The number of nitrogens with one attached hydrogen (secondary N) is 4. The Morgan fingerprint density at radius 2 is 1.06 bits per heavy atom. The number of carboxylic acid groups (broad SMARTS) is 1. The highest BCUT2D eigenvalue weighted by Crippen LogP contribution is 2.34. The normalized spacial score (nSPS) is 14.9. The van der Waals surface area contributed by atoms with Gasteiger partial charge in [0.15, 0.2) is 0 Å². The lowest BCUT2D eigenvalue weighted by atomic mass is 9.78. The highest BCUT2D eigenvalue weighted by molar-refractivity contribution is 5.72. The molecule has 12 nitrogen and oxygen atoms in total. The SMILES string of the molecule is C1CCC(CC2CCCCC2)CC1.N=C=O.N=C=O.N=C=O.N=C=O.NCCCCC(N)C(=O)O. The quantitative estimate of drug-likeness (QED) is 0.154. The average molecular weight is 499 g/mol. The van der Waals surface area contributed by atoms with Gasteiger partial charge in [-0.2, -0.15) is 0 Å². The fourth-order valence-electron chi connectivity index (χ4n) is 3.95. The van der Waals surface area contributed by atoms with E-state index in [1.54, 1.807) is 32.1 Å². The number of isocyanates is 4. The van der Waals surface area contributed by atoms with Crippen LogP contribution in [0, 0.1) is 33.5 Å². The first kappa shape index (κ1) is 39.1. The number of hydrogen-bond acceptors (Lipinski definition) is 11. The fraction of sp³-hybridized carbons (Fsp3) is 0.783. The van der Waals surface area contributed by atoms with E-state index in [9.17, 15) is 4.79 Å². The van der Waals surface area contributed by atoms with Gasteiger partial charge in [0.2, 0.25) is 24.3 Å². The minimum Gasteiger partial charge on any atom is -0.480 e. The van der Waals surface area contributed by atoms with Crippen LogP contribution in [0.2, 0.25) is 0 Å². The molecule has 1 atom stereocenters. The number of unbranched alkanes of at least 4 members (excludes halogenated alkanes) is 1. The van der Waals surface area contributed by atoms with Crippen molar-refractivity contribution in [1.82, 2.24) is 0 Å². The van der Waals surface area contributed by atoms with Crippen molar-refractivity contribution in [3.05, 3.63) is 0 Å². The van der Waals surface area contributed by atoms with Gasteiger partial charge in [-0.25, -0.2) is 40.8 Å². The molecule has 200 valence electrons. The molecular formula is C23H42N6O6. The molecular weight excluding hydrogens is 456 g/mol. The summed E-state index contributed by atoms with van der Waals surface area (Å²) in [5, 5.41) is 29.9. The molecule has 0 bridgehead atoms. The first-order chi connectivity index (χ1) is 16.8. The van der Waals surface area contributed by atoms with Crippen LogP contribution in [0.25, 0.3) is 0 Å². The van der Waals surface area contributed by atoms with E-state index in [2.05, 4.69) is 0 Å². The third-order valence-corrected chi connectivity index (χ3v) is 5.40. The van der Waals surface area contributed by atoms with E-state index in [0.29, 0.717) is 13.0 Å². The fourth-order valence-corrected chi connectivity index (χ4v) is 3.95. The van der Waals surface area contributed by atoms with Crippen molar-refractivity contribution in [3.63, 3.8) is 0 Å². The van der Waals surface area contributed by atoms with E-state index in [-0.39, 0.29) is 0 Å².